The van der Waals surface area contributed by atoms with Crippen molar-refractivity contribution in [2.24, 2.45) is 5.73 Å². The van der Waals surface area contributed by atoms with Gasteiger partial charge < -0.3 is 10.2 Å². The minimum atomic E-state index is 0.680. The largest absolute Gasteiger partial charge is 0.456 e. The molecular formula is C15H19NO. The summed E-state index contributed by atoms with van der Waals surface area (Å²) in [5.41, 5.74) is 8.98. The molecule has 2 rings (SSSR count). The van der Waals surface area contributed by atoms with E-state index in [4.69, 9.17) is 10.2 Å². The number of hydrogen-bond acceptors (Lipinski definition) is 2. The number of hydrogen-bond donors (Lipinski definition) is 1. The first-order chi connectivity index (χ1) is 8.27. The van der Waals surface area contributed by atoms with Crippen LogP contribution in [0.4, 0.5) is 0 Å². The van der Waals surface area contributed by atoms with E-state index in [0.717, 1.165) is 24.2 Å². The van der Waals surface area contributed by atoms with E-state index in [1.165, 1.54) is 16.5 Å². The van der Waals surface area contributed by atoms with Crippen LogP contribution < -0.4 is 5.73 Å². The van der Waals surface area contributed by atoms with Gasteiger partial charge in [0.1, 0.15) is 11.3 Å². The van der Waals surface area contributed by atoms with Crippen LogP contribution in [0.25, 0.3) is 16.5 Å². The molecule has 1 aromatic heterocycles. The summed E-state index contributed by atoms with van der Waals surface area (Å²) in [5, 5.41) is 1.23. The molecule has 17 heavy (non-hydrogen) atoms. The fraction of sp³-hybridized carbons (Fsp3) is 0.333. The second kappa shape index (κ2) is 5.19. The quantitative estimate of drug-likeness (QED) is 0.867. The van der Waals surface area contributed by atoms with Crippen molar-refractivity contribution in [3.63, 3.8) is 0 Å². The number of allylic oxidation sites excluding steroid dienone is 1. The smallest absolute Gasteiger partial charge is 0.135 e. The molecule has 0 spiro atoms. The lowest BCUT2D eigenvalue weighted by molar-refractivity contribution is 0.593. The van der Waals surface area contributed by atoms with Crippen LogP contribution in [0.2, 0.25) is 0 Å². The minimum absolute atomic E-state index is 0.680. The monoisotopic (exact) mass is 229 g/mol. The summed E-state index contributed by atoms with van der Waals surface area (Å²) in [4.78, 5) is 0. The summed E-state index contributed by atoms with van der Waals surface area (Å²) < 4.78 is 5.94. The van der Waals surface area contributed by atoms with Crippen molar-refractivity contribution in [3.8, 4) is 0 Å². The van der Waals surface area contributed by atoms with Crippen molar-refractivity contribution in [1.82, 2.24) is 0 Å². The third-order valence-corrected chi connectivity index (χ3v) is 3.03. The van der Waals surface area contributed by atoms with Gasteiger partial charge in [0.15, 0.2) is 0 Å². The van der Waals surface area contributed by atoms with Crippen LogP contribution in [0.1, 0.15) is 31.6 Å². The lowest BCUT2D eigenvalue weighted by atomic mass is 10.0. The van der Waals surface area contributed by atoms with E-state index in [1.807, 2.05) is 12.1 Å². The Balaban J connectivity index is 2.53. The van der Waals surface area contributed by atoms with Gasteiger partial charge >= 0.3 is 0 Å². The lowest BCUT2D eigenvalue weighted by Crippen LogP contribution is -1.96. The van der Waals surface area contributed by atoms with Crippen molar-refractivity contribution in [1.29, 1.82) is 0 Å². The summed E-state index contributed by atoms with van der Waals surface area (Å²) in [6.07, 6.45) is 4.03. The summed E-state index contributed by atoms with van der Waals surface area (Å²) >= 11 is 0. The Morgan fingerprint density at radius 1 is 1.35 bits per heavy atom. The first kappa shape index (κ1) is 11.9. The predicted octanol–water partition coefficient (Wildman–Crippen LogP) is 3.75. The maximum atomic E-state index is 5.94. The number of furan rings is 1. The zero-order valence-corrected chi connectivity index (χ0v) is 10.5. The Morgan fingerprint density at radius 3 is 2.82 bits per heavy atom. The highest BCUT2D eigenvalue weighted by atomic mass is 16.3. The highest BCUT2D eigenvalue weighted by Gasteiger charge is 2.12. The van der Waals surface area contributed by atoms with Crippen molar-refractivity contribution in [3.05, 3.63) is 41.7 Å². The standard InChI is InChI=1S/C15H19NO/c1-3-12-13-8-4-5-9-14(13)17-15(12)11(2)7-6-10-16/h4-5,7-9H,3,6,10,16H2,1-2H3. The van der Waals surface area contributed by atoms with Crippen LogP contribution in [0, 0.1) is 0 Å². The number of rotatable bonds is 4. The van der Waals surface area contributed by atoms with Gasteiger partial charge in [-0.3, -0.25) is 0 Å². The zero-order valence-electron chi connectivity index (χ0n) is 10.5. The average molecular weight is 229 g/mol. The number of para-hydroxylation sites is 1. The van der Waals surface area contributed by atoms with Crippen LogP contribution >= 0.6 is 0 Å². The molecule has 2 N–H and O–H groups in total. The Bertz CT molecular complexity index is 537. The molecule has 2 aromatic rings. The van der Waals surface area contributed by atoms with Gasteiger partial charge in [0.2, 0.25) is 0 Å². The first-order valence-corrected chi connectivity index (χ1v) is 6.15. The SMILES string of the molecule is CCc1c(C(C)=CCCN)oc2ccccc12. The van der Waals surface area contributed by atoms with Gasteiger partial charge in [-0.2, -0.15) is 0 Å². The van der Waals surface area contributed by atoms with Crippen LogP contribution in [-0.4, -0.2) is 6.54 Å². The lowest BCUT2D eigenvalue weighted by Gasteiger charge is -2.00. The third kappa shape index (κ3) is 2.27. The predicted molar refractivity (Wildman–Crippen MR) is 72.9 cm³/mol. The summed E-state index contributed by atoms with van der Waals surface area (Å²) in [5.74, 6) is 1.02. The van der Waals surface area contributed by atoms with E-state index in [1.54, 1.807) is 0 Å². The van der Waals surface area contributed by atoms with Gasteiger partial charge in [0, 0.05) is 10.9 Å². The minimum Gasteiger partial charge on any atom is -0.456 e. The fourth-order valence-corrected chi connectivity index (χ4v) is 2.16. The van der Waals surface area contributed by atoms with Crippen molar-refractivity contribution < 1.29 is 4.42 Å². The molecule has 0 aliphatic rings. The van der Waals surface area contributed by atoms with Crippen molar-refractivity contribution in [2.45, 2.75) is 26.7 Å². The van der Waals surface area contributed by atoms with Crippen LogP contribution in [0.15, 0.2) is 34.8 Å². The normalized spacial score (nSPS) is 12.3. The number of aryl methyl sites for hydroxylation is 1. The summed E-state index contributed by atoms with van der Waals surface area (Å²) in [6.45, 7) is 4.93. The molecule has 0 saturated heterocycles. The summed E-state index contributed by atoms with van der Waals surface area (Å²) in [7, 11) is 0. The van der Waals surface area contributed by atoms with Gasteiger partial charge in [-0.05, 0) is 37.9 Å². The summed E-state index contributed by atoms with van der Waals surface area (Å²) in [6, 6.07) is 8.21. The molecular weight excluding hydrogens is 210 g/mol. The molecule has 2 nitrogen and oxygen atoms in total. The second-order valence-corrected chi connectivity index (χ2v) is 4.22. The molecule has 0 amide bonds. The van der Waals surface area contributed by atoms with E-state index in [-0.39, 0.29) is 0 Å². The van der Waals surface area contributed by atoms with Crippen LogP contribution in [0.5, 0.6) is 0 Å². The maximum absolute atomic E-state index is 5.94. The Kier molecular flexibility index (Phi) is 3.64. The molecule has 1 heterocycles. The Labute approximate surface area is 102 Å². The molecule has 0 aliphatic heterocycles. The average Bonchev–Trinajstić information content (AvgIpc) is 2.74. The second-order valence-electron chi connectivity index (χ2n) is 4.22. The third-order valence-electron chi connectivity index (χ3n) is 3.03. The molecule has 0 aliphatic carbocycles. The highest BCUT2D eigenvalue weighted by molar-refractivity contribution is 5.86. The van der Waals surface area contributed by atoms with Crippen LogP contribution in [-0.2, 0) is 6.42 Å². The van der Waals surface area contributed by atoms with Crippen LogP contribution in [0.3, 0.4) is 0 Å². The first-order valence-electron chi connectivity index (χ1n) is 6.15. The van der Waals surface area contributed by atoms with E-state index < -0.39 is 0 Å². The van der Waals surface area contributed by atoms with Gasteiger partial charge in [-0.15, -0.1) is 0 Å². The van der Waals surface area contributed by atoms with Gasteiger partial charge in [-0.25, -0.2) is 0 Å². The zero-order chi connectivity index (χ0) is 12.3. The number of benzene rings is 1. The molecule has 0 bridgehead atoms. The van der Waals surface area contributed by atoms with E-state index in [9.17, 15) is 0 Å². The van der Waals surface area contributed by atoms with Crippen molar-refractivity contribution >= 4 is 16.5 Å². The molecule has 0 saturated carbocycles. The van der Waals surface area contributed by atoms with E-state index in [2.05, 4.69) is 32.1 Å². The fourth-order valence-electron chi connectivity index (χ4n) is 2.16. The van der Waals surface area contributed by atoms with Gasteiger partial charge in [0.25, 0.3) is 0 Å². The Hall–Kier alpha value is -1.54. The molecule has 2 heteroatoms. The van der Waals surface area contributed by atoms with E-state index >= 15 is 0 Å². The molecule has 0 radical (unpaired) electrons. The van der Waals surface area contributed by atoms with Gasteiger partial charge in [0.05, 0.1) is 0 Å². The molecule has 90 valence electrons. The van der Waals surface area contributed by atoms with E-state index in [0.29, 0.717) is 6.54 Å². The molecule has 0 unspecified atom stereocenters. The molecule has 0 atom stereocenters. The van der Waals surface area contributed by atoms with Gasteiger partial charge in [-0.1, -0.05) is 31.2 Å². The number of nitrogens with two attached hydrogens (primary N) is 1. The topological polar surface area (TPSA) is 39.2 Å². The Morgan fingerprint density at radius 2 is 2.12 bits per heavy atom. The molecule has 1 aromatic carbocycles. The maximum Gasteiger partial charge on any atom is 0.135 e. The van der Waals surface area contributed by atoms with Crippen molar-refractivity contribution in [2.75, 3.05) is 6.54 Å². The number of fused-ring (bicyclic) bond motifs is 1. The molecule has 0 fully saturated rings. The highest BCUT2D eigenvalue weighted by Crippen LogP contribution is 2.30.